The van der Waals surface area contributed by atoms with Gasteiger partial charge in [0.05, 0.1) is 25.3 Å². The molecule has 0 saturated carbocycles. The number of guanidine groups is 1. The van der Waals surface area contributed by atoms with Gasteiger partial charge in [-0.15, -0.1) is 24.0 Å². The zero-order valence-electron chi connectivity index (χ0n) is 16.4. The minimum atomic E-state index is -0.293. The largest absolute Gasteiger partial charge is 0.462 e. The summed E-state index contributed by atoms with van der Waals surface area (Å²) in [6, 6.07) is 11.5. The van der Waals surface area contributed by atoms with E-state index in [9.17, 15) is 4.79 Å². The molecule has 0 unspecified atom stereocenters. The second-order valence-corrected chi connectivity index (χ2v) is 6.05. The number of aromatic nitrogens is 1. The van der Waals surface area contributed by atoms with Crippen molar-refractivity contribution in [3.05, 3.63) is 59.4 Å². The number of nitrogens with one attached hydrogen (secondary N) is 1. The van der Waals surface area contributed by atoms with Crippen LogP contribution in [0.25, 0.3) is 0 Å². The predicted molar refractivity (Wildman–Crippen MR) is 120 cm³/mol. The quantitative estimate of drug-likeness (QED) is 0.283. The van der Waals surface area contributed by atoms with Gasteiger partial charge in [-0.25, -0.2) is 9.79 Å². The molecule has 0 aliphatic carbocycles. The van der Waals surface area contributed by atoms with Crippen LogP contribution in [0.4, 0.5) is 0 Å². The van der Waals surface area contributed by atoms with Crippen LogP contribution in [-0.4, -0.2) is 41.6 Å². The maximum absolute atomic E-state index is 11.7. The lowest BCUT2D eigenvalue weighted by Crippen LogP contribution is -2.38. The molecule has 2 rings (SSSR count). The number of hydrogen-bond acceptors (Lipinski definition) is 3. The number of ether oxygens (including phenoxy) is 1. The van der Waals surface area contributed by atoms with Crippen LogP contribution in [0.3, 0.4) is 0 Å². The van der Waals surface area contributed by atoms with E-state index in [-0.39, 0.29) is 29.9 Å². The van der Waals surface area contributed by atoms with Crippen LogP contribution in [-0.2, 0) is 24.9 Å². The average molecular weight is 484 g/mol. The fourth-order valence-electron chi connectivity index (χ4n) is 2.58. The SMILES string of the molecule is CCNC(=NCc1ccc(C(=O)OCC)cc1)N(C)Cc1cccn1C.I. The summed E-state index contributed by atoms with van der Waals surface area (Å²) in [5, 5.41) is 3.32. The number of nitrogens with zero attached hydrogens (tertiary/aromatic N) is 3. The fraction of sp³-hybridized carbons (Fsp3) is 0.400. The fourth-order valence-corrected chi connectivity index (χ4v) is 2.58. The van der Waals surface area contributed by atoms with E-state index in [1.165, 1.54) is 5.69 Å². The third kappa shape index (κ3) is 6.89. The Morgan fingerprint density at radius 3 is 2.48 bits per heavy atom. The Morgan fingerprint density at radius 2 is 1.93 bits per heavy atom. The van der Waals surface area contributed by atoms with E-state index in [0.29, 0.717) is 18.7 Å². The van der Waals surface area contributed by atoms with Gasteiger partial charge in [0.25, 0.3) is 0 Å². The number of hydrogen-bond donors (Lipinski definition) is 1. The summed E-state index contributed by atoms with van der Waals surface area (Å²) in [4.78, 5) is 18.5. The molecule has 0 aliphatic rings. The standard InChI is InChI=1S/C20H28N4O2.HI/c1-5-21-20(24(4)15-18-8-7-13-23(18)3)22-14-16-9-11-17(12-10-16)19(25)26-6-2;/h7-13H,5-6,14-15H2,1-4H3,(H,21,22);1H. The summed E-state index contributed by atoms with van der Waals surface area (Å²) >= 11 is 0. The van der Waals surface area contributed by atoms with Crippen LogP contribution in [0, 0.1) is 0 Å². The third-order valence-corrected chi connectivity index (χ3v) is 4.02. The van der Waals surface area contributed by atoms with Gasteiger partial charge in [0.1, 0.15) is 0 Å². The maximum Gasteiger partial charge on any atom is 0.338 e. The zero-order valence-corrected chi connectivity index (χ0v) is 18.8. The van der Waals surface area contributed by atoms with E-state index in [1.807, 2.05) is 38.5 Å². The molecule has 0 aliphatic heterocycles. The Balaban J connectivity index is 0.00000364. The van der Waals surface area contributed by atoms with Crippen molar-refractivity contribution in [3.8, 4) is 0 Å². The Hall–Kier alpha value is -2.03. The minimum absolute atomic E-state index is 0. The molecule has 1 N–H and O–H groups in total. The second-order valence-electron chi connectivity index (χ2n) is 6.05. The van der Waals surface area contributed by atoms with Crippen molar-refractivity contribution in [2.24, 2.45) is 12.0 Å². The lowest BCUT2D eigenvalue weighted by atomic mass is 10.1. The normalized spacial score (nSPS) is 10.9. The van der Waals surface area contributed by atoms with E-state index < -0.39 is 0 Å². The summed E-state index contributed by atoms with van der Waals surface area (Å²) in [5.74, 6) is 0.557. The lowest BCUT2D eigenvalue weighted by Gasteiger charge is -2.22. The molecule has 1 aromatic heterocycles. The molecule has 0 spiro atoms. The van der Waals surface area contributed by atoms with Crippen molar-refractivity contribution in [1.29, 1.82) is 0 Å². The van der Waals surface area contributed by atoms with Crippen LogP contribution in [0.2, 0.25) is 0 Å². The Kier molecular flexibility index (Phi) is 9.92. The zero-order chi connectivity index (χ0) is 18.9. The smallest absolute Gasteiger partial charge is 0.338 e. The van der Waals surface area contributed by atoms with E-state index in [4.69, 9.17) is 9.73 Å². The van der Waals surface area contributed by atoms with Gasteiger partial charge in [-0.3, -0.25) is 0 Å². The first-order chi connectivity index (χ1) is 12.5. The molecule has 1 aromatic carbocycles. The predicted octanol–water partition coefficient (Wildman–Crippen LogP) is 3.42. The lowest BCUT2D eigenvalue weighted by molar-refractivity contribution is 0.0526. The van der Waals surface area contributed by atoms with Gasteiger partial charge < -0.3 is 19.5 Å². The first-order valence-electron chi connectivity index (χ1n) is 8.90. The van der Waals surface area contributed by atoms with Gasteiger partial charge in [-0.05, 0) is 43.7 Å². The van der Waals surface area contributed by atoms with Crippen molar-refractivity contribution < 1.29 is 9.53 Å². The van der Waals surface area contributed by atoms with Crippen molar-refractivity contribution in [2.45, 2.75) is 26.9 Å². The molecule has 0 bridgehead atoms. The van der Waals surface area contributed by atoms with Crippen LogP contribution in [0.5, 0.6) is 0 Å². The minimum Gasteiger partial charge on any atom is -0.462 e. The summed E-state index contributed by atoms with van der Waals surface area (Å²) < 4.78 is 7.11. The molecule has 1 heterocycles. The summed E-state index contributed by atoms with van der Waals surface area (Å²) in [5.41, 5.74) is 2.82. The number of halogens is 1. The number of aryl methyl sites for hydroxylation is 1. The molecule has 27 heavy (non-hydrogen) atoms. The van der Waals surface area contributed by atoms with Crippen LogP contribution < -0.4 is 5.32 Å². The summed E-state index contributed by atoms with van der Waals surface area (Å²) in [6.45, 7) is 6.36. The summed E-state index contributed by atoms with van der Waals surface area (Å²) in [6.07, 6.45) is 2.04. The van der Waals surface area contributed by atoms with Gasteiger partial charge in [0, 0.05) is 32.5 Å². The Labute approximate surface area is 178 Å². The van der Waals surface area contributed by atoms with E-state index in [0.717, 1.165) is 24.6 Å². The van der Waals surface area contributed by atoms with Gasteiger partial charge in [0.2, 0.25) is 0 Å². The molecule has 0 amide bonds. The van der Waals surface area contributed by atoms with E-state index in [2.05, 4.69) is 27.8 Å². The van der Waals surface area contributed by atoms with Crippen LogP contribution in [0.15, 0.2) is 47.6 Å². The molecule has 6 nitrogen and oxygen atoms in total. The number of aliphatic imine (C=N–C) groups is 1. The van der Waals surface area contributed by atoms with Crippen molar-refractivity contribution in [3.63, 3.8) is 0 Å². The summed E-state index contributed by atoms with van der Waals surface area (Å²) in [7, 11) is 4.07. The topological polar surface area (TPSA) is 58.9 Å². The number of benzene rings is 1. The molecule has 0 atom stereocenters. The van der Waals surface area contributed by atoms with Gasteiger partial charge in [-0.2, -0.15) is 0 Å². The average Bonchev–Trinajstić information content (AvgIpc) is 3.04. The molecule has 7 heteroatoms. The maximum atomic E-state index is 11.7. The molecular formula is C20H29IN4O2. The molecule has 2 aromatic rings. The molecular weight excluding hydrogens is 455 g/mol. The van der Waals surface area contributed by atoms with Gasteiger partial charge >= 0.3 is 5.97 Å². The molecule has 148 valence electrons. The van der Waals surface area contributed by atoms with Crippen LogP contribution >= 0.6 is 24.0 Å². The number of esters is 1. The van der Waals surface area contributed by atoms with Gasteiger partial charge in [0.15, 0.2) is 5.96 Å². The highest BCUT2D eigenvalue weighted by Crippen LogP contribution is 2.08. The highest BCUT2D eigenvalue weighted by molar-refractivity contribution is 14.0. The number of carbonyl (C=O) groups is 1. The Bertz CT molecular complexity index is 741. The molecule has 0 saturated heterocycles. The van der Waals surface area contributed by atoms with Crippen molar-refractivity contribution in [2.75, 3.05) is 20.2 Å². The number of rotatable bonds is 7. The van der Waals surface area contributed by atoms with Crippen molar-refractivity contribution in [1.82, 2.24) is 14.8 Å². The van der Waals surface area contributed by atoms with E-state index in [1.54, 1.807) is 19.1 Å². The Morgan fingerprint density at radius 1 is 1.22 bits per heavy atom. The molecule has 0 fully saturated rings. The van der Waals surface area contributed by atoms with Gasteiger partial charge in [-0.1, -0.05) is 12.1 Å². The highest BCUT2D eigenvalue weighted by Gasteiger charge is 2.09. The van der Waals surface area contributed by atoms with Crippen LogP contribution in [0.1, 0.15) is 35.5 Å². The monoisotopic (exact) mass is 484 g/mol. The number of carbonyl (C=O) groups excluding carboxylic acids is 1. The molecule has 0 radical (unpaired) electrons. The first-order valence-corrected chi connectivity index (χ1v) is 8.90. The van der Waals surface area contributed by atoms with Crippen molar-refractivity contribution >= 4 is 35.9 Å². The van der Waals surface area contributed by atoms with E-state index >= 15 is 0 Å². The second kappa shape index (κ2) is 11.6. The highest BCUT2D eigenvalue weighted by atomic mass is 127. The third-order valence-electron chi connectivity index (χ3n) is 4.02. The first kappa shape index (κ1) is 23.0.